The summed E-state index contributed by atoms with van der Waals surface area (Å²) in [6.45, 7) is 0. The number of aromatic nitrogens is 4. The highest BCUT2D eigenvalue weighted by Gasteiger charge is 2.19. The molecule has 4 aromatic rings. The minimum absolute atomic E-state index is 0.00858. The Morgan fingerprint density at radius 3 is 2.73 bits per heavy atom. The second-order valence-electron chi connectivity index (χ2n) is 5.38. The number of halogens is 3. The summed E-state index contributed by atoms with van der Waals surface area (Å²) in [5, 5.41) is 10.9. The Balaban J connectivity index is 1.73. The van der Waals surface area contributed by atoms with Gasteiger partial charge in [-0.15, -0.1) is 16.4 Å². The van der Waals surface area contributed by atoms with Crippen molar-refractivity contribution in [2.24, 2.45) is 0 Å². The fourth-order valence-electron chi connectivity index (χ4n) is 2.44. The van der Waals surface area contributed by atoms with Crippen LogP contribution in [0.15, 0.2) is 47.8 Å². The first kappa shape index (κ1) is 16.6. The van der Waals surface area contributed by atoms with Crippen molar-refractivity contribution in [1.29, 1.82) is 0 Å². The second kappa shape index (κ2) is 6.47. The van der Waals surface area contributed by atoms with Crippen molar-refractivity contribution in [3.8, 4) is 27.6 Å². The van der Waals surface area contributed by atoms with Crippen molar-refractivity contribution in [2.45, 2.75) is 0 Å². The molecule has 0 bridgehead atoms. The maximum absolute atomic E-state index is 14.0. The molecule has 0 aliphatic carbocycles. The standard InChI is InChI=1S/C17H10ClF2N5S/c18-10-3-1-2-9(6-10)13-8-26-17(22-13)15-16(21)25(24-23-15)14-5-4-11(19)7-12(14)20/h1-8H,21H2. The Kier molecular flexibility index (Phi) is 4.14. The van der Waals surface area contributed by atoms with Gasteiger partial charge in [-0.2, -0.15) is 4.68 Å². The predicted octanol–water partition coefficient (Wildman–Crippen LogP) is 4.57. The maximum atomic E-state index is 14.0. The quantitative estimate of drug-likeness (QED) is 0.557. The van der Waals surface area contributed by atoms with Crippen molar-refractivity contribution in [3.63, 3.8) is 0 Å². The number of nitrogens with zero attached hydrogens (tertiary/aromatic N) is 4. The molecule has 2 N–H and O–H groups in total. The number of benzene rings is 2. The van der Waals surface area contributed by atoms with Crippen LogP contribution in [0.2, 0.25) is 5.02 Å². The molecule has 0 aliphatic rings. The molecular weight excluding hydrogens is 380 g/mol. The summed E-state index contributed by atoms with van der Waals surface area (Å²) in [4.78, 5) is 4.51. The summed E-state index contributed by atoms with van der Waals surface area (Å²) in [5.41, 5.74) is 7.98. The van der Waals surface area contributed by atoms with E-state index in [1.54, 1.807) is 12.1 Å². The number of nitrogen functional groups attached to an aromatic ring is 1. The van der Waals surface area contributed by atoms with E-state index in [9.17, 15) is 8.78 Å². The van der Waals surface area contributed by atoms with Crippen molar-refractivity contribution < 1.29 is 8.78 Å². The summed E-state index contributed by atoms with van der Waals surface area (Å²) in [6.07, 6.45) is 0. The van der Waals surface area contributed by atoms with E-state index >= 15 is 0 Å². The van der Waals surface area contributed by atoms with Gasteiger partial charge in [0.25, 0.3) is 0 Å². The van der Waals surface area contributed by atoms with Gasteiger partial charge in [0.1, 0.15) is 16.5 Å². The number of anilines is 1. The fraction of sp³-hybridized carbons (Fsp3) is 0. The van der Waals surface area contributed by atoms with Crippen LogP contribution in [-0.4, -0.2) is 20.0 Å². The average molecular weight is 390 g/mol. The van der Waals surface area contributed by atoms with E-state index in [-0.39, 0.29) is 11.5 Å². The molecular formula is C17H10ClF2N5S. The molecule has 9 heteroatoms. The van der Waals surface area contributed by atoms with E-state index in [2.05, 4.69) is 15.3 Å². The lowest BCUT2D eigenvalue weighted by molar-refractivity contribution is 0.572. The van der Waals surface area contributed by atoms with Crippen LogP contribution < -0.4 is 5.73 Å². The molecule has 0 radical (unpaired) electrons. The summed E-state index contributed by atoms with van der Waals surface area (Å²) >= 11 is 7.34. The molecule has 26 heavy (non-hydrogen) atoms. The Hall–Kier alpha value is -2.84. The zero-order chi connectivity index (χ0) is 18.3. The molecule has 0 amide bonds. The SMILES string of the molecule is Nc1c(-c2nc(-c3cccc(Cl)c3)cs2)nnn1-c1ccc(F)cc1F. The number of hydrogen-bond acceptors (Lipinski definition) is 5. The molecule has 0 saturated carbocycles. The molecule has 2 heterocycles. The van der Waals surface area contributed by atoms with Gasteiger partial charge in [-0.1, -0.05) is 28.9 Å². The molecule has 0 fully saturated rings. The molecule has 0 aliphatic heterocycles. The molecule has 4 rings (SSSR count). The molecule has 0 unspecified atom stereocenters. The van der Waals surface area contributed by atoms with E-state index in [4.69, 9.17) is 17.3 Å². The Morgan fingerprint density at radius 1 is 1.12 bits per heavy atom. The first-order valence-corrected chi connectivity index (χ1v) is 8.67. The van der Waals surface area contributed by atoms with Gasteiger partial charge in [-0.3, -0.25) is 0 Å². The number of rotatable bonds is 3. The van der Waals surface area contributed by atoms with Crippen LogP contribution in [0.25, 0.3) is 27.6 Å². The van der Waals surface area contributed by atoms with Gasteiger partial charge in [0.15, 0.2) is 17.3 Å². The largest absolute Gasteiger partial charge is 0.382 e. The third kappa shape index (κ3) is 2.93. The monoisotopic (exact) mass is 389 g/mol. The summed E-state index contributed by atoms with van der Waals surface area (Å²) in [5.74, 6) is -1.36. The Bertz CT molecular complexity index is 1110. The summed E-state index contributed by atoms with van der Waals surface area (Å²) in [7, 11) is 0. The number of nitrogens with two attached hydrogens (primary N) is 1. The lowest BCUT2D eigenvalue weighted by Crippen LogP contribution is -2.05. The zero-order valence-electron chi connectivity index (χ0n) is 13.0. The first-order valence-electron chi connectivity index (χ1n) is 7.41. The van der Waals surface area contributed by atoms with E-state index in [1.807, 2.05) is 17.5 Å². The van der Waals surface area contributed by atoms with Crippen LogP contribution in [-0.2, 0) is 0 Å². The lowest BCUT2D eigenvalue weighted by atomic mass is 10.2. The van der Waals surface area contributed by atoms with Crippen molar-refractivity contribution in [3.05, 3.63) is 64.5 Å². The highest BCUT2D eigenvalue weighted by molar-refractivity contribution is 7.13. The Morgan fingerprint density at radius 2 is 1.96 bits per heavy atom. The van der Waals surface area contributed by atoms with Gasteiger partial charge in [0.05, 0.1) is 5.69 Å². The number of hydrogen-bond donors (Lipinski definition) is 1. The van der Waals surface area contributed by atoms with Gasteiger partial charge < -0.3 is 5.73 Å². The zero-order valence-corrected chi connectivity index (χ0v) is 14.6. The van der Waals surface area contributed by atoms with E-state index in [0.29, 0.717) is 15.7 Å². The van der Waals surface area contributed by atoms with E-state index in [1.165, 1.54) is 17.4 Å². The van der Waals surface area contributed by atoms with E-state index < -0.39 is 11.6 Å². The molecule has 5 nitrogen and oxygen atoms in total. The lowest BCUT2D eigenvalue weighted by Gasteiger charge is -2.04. The topological polar surface area (TPSA) is 69.6 Å². The second-order valence-corrected chi connectivity index (χ2v) is 6.67. The van der Waals surface area contributed by atoms with Gasteiger partial charge in [-0.05, 0) is 24.3 Å². The van der Waals surface area contributed by atoms with Crippen molar-refractivity contribution >= 4 is 28.8 Å². The van der Waals surface area contributed by atoms with Crippen LogP contribution in [0, 0.1) is 11.6 Å². The molecule has 130 valence electrons. The Labute approximate surface area is 155 Å². The third-order valence-electron chi connectivity index (χ3n) is 3.67. The summed E-state index contributed by atoms with van der Waals surface area (Å²) < 4.78 is 28.2. The smallest absolute Gasteiger partial charge is 0.165 e. The average Bonchev–Trinajstić information content (AvgIpc) is 3.22. The van der Waals surface area contributed by atoms with Crippen LogP contribution >= 0.6 is 22.9 Å². The molecule has 0 atom stereocenters. The van der Waals surface area contributed by atoms with Gasteiger partial charge in [0.2, 0.25) is 0 Å². The first-order chi connectivity index (χ1) is 12.5. The fourth-order valence-corrected chi connectivity index (χ4v) is 3.45. The predicted molar refractivity (Wildman–Crippen MR) is 97.2 cm³/mol. The van der Waals surface area contributed by atoms with Crippen molar-refractivity contribution in [1.82, 2.24) is 20.0 Å². The van der Waals surface area contributed by atoms with Gasteiger partial charge in [0, 0.05) is 22.0 Å². The summed E-state index contributed by atoms with van der Waals surface area (Å²) in [6, 6.07) is 10.4. The highest BCUT2D eigenvalue weighted by atomic mass is 35.5. The van der Waals surface area contributed by atoms with Crippen molar-refractivity contribution in [2.75, 3.05) is 5.73 Å². The molecule has 2 aromatic carbocycles. The third-order valence-corrected chi connectivity index (χ3v) is 4.75. The highest BCUT2D eigenvalue weighted by Crippen LogP contribution is 2.32. The minimum Gasteiger partial charge on any atom is -0.382 e. The number of thiazole rings is 1. The normalized spacial score (nSPS) is 11.0. The van der Waals surface area contributed by atoms with Gasteiger partial charge in [-0.25, -0.2) is 13.8 Å². The van der Waals surface area contributed by atoms with Crippen LogP contribution in [0.4, 0.5) is 14.6 Å². The molecule has 0 saturated heterocycles. The van der Waals surface area contributed by atoms with Crippen LogP contribution in [0.5, 0.6) is 0 Å². The van der Waals surface area contributed by atoms with Crippen LogP contribution in [0.3, 0.4) is 0 Å². The molecule has 0 spiro atoms. The minimum atomic E-state index is -0.785. The van der Waals surface area contributed by atoms with Gasteiger partial charge >= 0.3 is 0 Å². The van der Waals surface area contributed by atoms with E-state index in [0.717, 1.165) is 28.1 Å². The maximum Gasteiger partial charge on any atom is 0.165 e. The molecule has 2 aromatic heterocycles. The van der Waals surface area contributed by atoms with Crippen LogP contribution in [0.1, 0.15) is 0 Å².